The van der Waals surface area contributed by atoms with E-state index in [0.29, 0.717) is 12.3 Å². The summed E-state index contributed by atoms with van der Waals surface area (Å²) in [5.74, 6) is 0.508. The quantitative estimate of drug-likeness (QED) is 0.561. The molecule has 0 aromatic rings. The number of carbonyl (C=O) groups excluding carboxylic acids is 1. The van der Waals surface area contributed by atoms with Crippen molar-refractivity contribution in [3.05, 3.63) is 18.4 Å². The molecule has 1 aliphatic rings. The minimum absolute atomic E-state index is 0.152. The predicted molar refractivity (Wildman–Crippen MR) is 44.1 cm³/mol. The fourth-order valence-electron chi connectivity index (χ4n) is 1.31. The molecule has 0 spiro atoms. The summed E-state index contributed by atoms with van der Waals surface area (Å²) in [7, 11) is 0. The van der Waals surface area contributed by atoms with Gasteiger partial charge in [0.15, 0.2) is 0 Å². The molecule has 0 bridgehead atoms. The van der Waals surface area contributed by atoms with Gasteiger partial charge >= 0.3 is 0 Å². The Labute approximate surface area is 67.0 Å². The number of hydrogen-bond acceptors (Lipinski definition) is 1. The van der Waals surface area contributed by atoms with Gasteiger partial charge in [0.05, 0.1) is 0 Å². The minimum Gasteiger partial charge on any atom is -0.356 e. The molecular weight excluding hydrogens is 138 g/mol. The molecule has 0 aromatic heterocycles. The number of nitrogens with one attached hydrogen (secondary N) is 1. The van der Waals surface area contributed by atoms with Gasteiger partial charge in [0.25, 0.3) is 0 Å². The lowest BCUT2D eigenvalue weighted by Crippen LogP contribution is -2.22. The Morgan fingerprint density at radius 3 is 3.27 bits per heavy atom. The zero-order valence-corrected chi connectivity index (χ0v) is 6.60. The average molecular weight is 151 g/mol. The average Bonchev–Trinajstić information content (AvgIpc) is 2.15. The van der Waals surface area contributed by atoms with Gasteiger partial charge in [0.2, 0.25) is 5.91 Å². The Morgan fingerprint density at radius 2 is 2.55 bits per heavy atom. The second-order valence-corrected chi connectivity index (χ2v) is 2.83. The molecular formula is C9H13NO. The molecule has 60 valence electrons. The monoisotopic (exact) mass is 151 g/mol. The summed E-state index contributed by atoms with van der Waals surface area (Å²) in [6, 6.07) is 0. The van der Waals surface area contributed by atoms with Crippen LogP contribution < -0.4 is 5.32 Å². The fraction of sp³-hybridized carbons (Fsp3) is 0.556. The number of carbonyl (C=O) groups is 1. The van der Waals surface area contributed by atoms with Crippen LogP contribution in [0.25, 0.3) is 0 Å². The first-order valence-electron chi connectivity index (χ1n) is 3.95. The molecule has 1 N–H and O–H groups in total. The number of amides is 1. The highest BCUT2D eigenvalue weighted by Crippen LogP contribution is 2.14. The molecule has 2 heteroatoms. The minimum atomic E-state index is 0.152. The molecule has 1 aliphatic heterocycles. The van der Waals surface area contributed by atoms with Gasteiger partial charge in [0.1, 0.15) is 0 Å². The van der Waals surface area contributed by atoms with Crippen LogP contribution in [0.3, 0.4) is 0 Å². The fourth-order valence-corrected chi connectivity index (χ4v) is 1.31. The van der Waals surface area contributed by atoms with Gasteiger partial charge in [-0.2, -0.15) is 0 Å². The summed E-state index contributed by atoms with van der Waals surface area (Å²) in [5.41, 5.74) is 2.73. The van der Waals surface area contributed by atoms with E-state index in [2.05, 4.69) is 17.6 Å². The summed E-state index contributed by atoms with van der Waals surface area (Å²) in [6.07, 6.45) is 4.63. The maximum absolute atomic E-state index is 11.0. The Hall–Kier alpha value is -1.01. The van der Waals surface area contributed by atoms with Crippen molar-refractivity contribution in [3.8, 4) is 0 Å². The third-order valence-electron chi connectivity index (χ3n) is 1.87. The van der Waals surface area contributed by atoms with Crippen LogP contribution in [0.2, 0.25) is 0 Å². The first kappa shape index (κ1) is 8.09. The van der Waals surface area contributed by atoms with E-state index in [1.54, 1.807) is 0 Å². The molecule has 1 unspecified atom stereocenters. The zero-order valence-electron chi connectivity index (χ0n) is 6.60. The van der Waals surface area contributed by atoms with E-state index < -0.39 is 0 Å². The van der Waals surface area contributed by atoms with Gasteiger partial charge in [-0.3, -0.25) is 4.79 Å². The third-order valence-corrected chi connectivity index (χ3v) is 1.87. The molecule has 0 saturated carbocycles. The Morgan fingerprint density at radius 1 is 1.73 bits per heavy atom. The largest absolute Gasteiger partial charge is 0.356 e. The highest BCUT2D eigenvalue weighted by molar-refractivity contribution is 5.76. The lowest BCUT2D eigenvalue weighted by Gasteiger charge is -2.03. The highest BCUT2D eigenvalue weighted by atomic mass is 16.1. The number of rotatable bonds is 1. The van der Waals surface area contributed by atoms with Crippen LogP contribution in [0.15, 0.2) is 18.4 Å². The maximum Gasteiger partial charge on any atom is 0.220 e. The van der Waals surface area contributed by atoms with E-state index in [9.17, 15) is 4.79 Å². The normalized spacial score (nSPS) is 24.7. The molecule has 1 rings (SSSR count). The lowest BCUT2D eigenvalue weighted by atomic mass is 10.0. The van der Waals surface area contributed by atoms with Gasteiger partial charge in [-0.1, -0.05) is 6.58 Å². The first-order chi connectivity index (χ1) is 5.33. The van der Waals surface area contributed by atoms with Crippen LogP contribution in [-0.4, -0.2) is 12.5 Å². The van der Waals surface area contributed by atoms with Crippen LogP contribution in [0.1, 0.15) is 19.3 Å². The van der Waals surface area contributed by atoms with Gasteiger partial charge in [-0.05, 0) is 24.8 Å². The predicted octanol–water partition coefficient (Wildman–Crippen LogP) is 1.24. The topological polar surface area (TPSA) is 29.1 Å². The van der Waals surface area contributed by atoms with Gasteiger partial charge in [-0.15, -0.1) is 5.73 Å². The highest BCUT2D eigenvalue weighted by Gasteiger charge is 2.13. The molecule has 1 heterocycles. The van der Waals surface area contributed by atoms with E-state index in [1.165, 1.54) is 0 Å². The van der Waals surface area contributed by atoms with Gasteiger partial charge in [-0.25, -0.2) is 0 Å². The number of hydrogen-bond donors (Lipinski definition) is 1. The van der Waals surface area contributed by atoms with Crippen molar-refractivity contribution in [2.45, 2.75) is 19.3 Å². The molecule has 2 nitrogen and oxygen atoms in total. The van der Waals surface area contributed by atoms with Crippen molar-refractivity contribution in [3.63, 3.8) is 0 Å². The summed E-state index contributed by atoms with van der Waals surface area (Å²) in [6.45, 7) is 4.32. The summed E-state index contributed by atoms with van der Waals surface area (Å²) >= 11 is 0. The van der Waals surface area contributed by atoms with E-state index in [1.807, 2.05) is 6.08 Å². The van der Waals surface area contributed by atoms with Crippen LogP contribution in [0, 0.1) is 5.92 Å². The maximum atomic E-state index is 11.0. The van der Waals surface area contributed by atoms with Gasteiger partial charge < -0.3 is 5.32 Å². The molecule has 1 amide bonds. The van der Waals surface area contributed by atoms with Crippen LogP contribution in [-0.2, 0) is 4.79 Å². The molecule has 0 radical (unpaired) electrons. The Bertz CT molecular complexity index is 192. The van der Waals surface area contributed by atoms with Gasteiger partial charge in [0, 0.05) is 13.0 Å². The van der Waals surface area contributed by atoms with Crippen molar-refractivity contribution < 1.29 is 4.79 Å². The van der Waals surface area contributed by atoms with Crippen LogP contribution in [0.4, 0.5) is 0 Å². The smallest absolute Gasteiger partial charge is 0.220 e. The second-order valence-electron chi connectivity index (χ2n) is 2.83. The van der Waals surface area contributed by atoms with Crippen molar-refractivity contribution >= 4 is 5.91 Å². The van der Waals surface area contributed by atoms with E-state index in [4.69, 9.17) is 0 Å². The van der Waals surface area contributed by atoms with E-state index in [-0.39, 0.29) is 5.91 Å². The van der Waals surface area contributed by atoms with Crippen LogP contribution in [0.5, 0.6) is 0 Å². The van der Waals surface area contributed by atoms with Crippen molar-refractivity contribution in [2.75, 3.05) is 6.54 Å². The SMILES string of the molecule is C=C=CC1CCCNC(=O)C1. The van der Waals surface area contributed by atoms with Crippen molar-refractivity contribution in [1.29, 1.82) is 0 Å². The lowest BCUT2D eigenvalue weighted by molar-refractivity contribution is -0.121. The summed E-state index contributed by atoms with van der Waals surface area (Å²) in [5, 5.41) is 2.83. The molecule has 0 aliphatic carbocycles. The van der Waals surface area contributed by atoms with E-state index >= 15 is 0 Å². The number of allylic oxidation sites excluding steroid dienone is 1. The Kier molecular flexibility index (Phi) is 2.94. The molecule has 1 fully saturated rings. The van der Waals surface area contributed by atoms with E-state index in [0.717, 1.165) is 19.4 Å². The zero-order chi connectivity index (χ0) is 8.10. The van der Waals surface area contributed by atoms with Crippen LogP contribution >= 0.6 is 0 Å². The summed E-state index contributed by atoms with van der Waals surface area (Å²) in [4.78, 5) is 11.0. The van der Waals surface area contributed by atoms with Crippen molar-refractivity contribution in [2.24, 2.45) is 5.92 Å². The molecule has 1 saturated heterocycles. The molecule has 1 atom stereocenters. The summed E-state index contributed by atoms with van der Waals surface area (Å²) < 4.78 is 0. The second kappa shape index (κ2) is 3.99. The standard InChI is InChI=1S/C9H13NO/c1-2-4-8-5-3-6-10-9(11)7-8/h4,8H,1,3,5-7H2,(H,10,11). The first-order valence-corrected chi connectivity index (χ1v) is 3.95. The Balaban J connectivity index is 2.51. The third kappa shape index (κ3) is 2.60. The molecule has 11 heavy (non-hydrogen) atoms. The molecule has 0 aromatic carbocycles. The van der Waals surface area contributed by atoms with Crippen molar-refractivity contribution in [1.82, 2.24) is 5.32 Å².